The molecule has 1 unspecified atom stereocenters. The molecular weight excluding hydrogens is 202 g/mol. The van der Waals surface area contributed by atoms with E-state index in [1.165, 1.54) is 25.7 Å². The molecule has 16 heavy (non-hydrogen) atoms. The van der Waals surface area contributed by atoms with E-state index in [0.717, 1.165) is 24.7 Å². The largest absolute Gasteiger partial charge is 0.340 e. The minimum absolute atomic E-state index is 0.248. The Hall–Kier alpha value is -0.900. The van der Waals surface area contributed by atoms with Gasteiger partial charge in [0.15, 0.2) is 5.82 Å². The summed E-state index contributed by atoms with van der Waals surface area (Å²) >= 11 is 0. The Bertz CT molecular complexity index is 318. The molecule has 0 bridgehead atoms. The van der Waals surface area contributed by atoms with E-state index in [2.05, 4.69) is 22.4 Å². The van der Waals surface area contributed by atoms with Gasteiger partial charge in [0.05, 0.1) is 6.04 Å². The van der Waals surface area contributed by atoms with Crippen LogP contribution in [0.2, 0.25) is 0 Å². The van der Waals surface area contributed by atoms with Gasteiger partial charge in [-0.15, -0.1) is 0 Å². The van der Waals surface area contributed by atoms with Gasteiger partial charge in [0.25, 0.3) is 0 Å². The van der Waals surface area contributed by atoms with E-state index in [-0.39, 0.29) is 6.04 Å². The van der Waals surface area contributed by atoms with Crippen molar-refractivity contribution in [1.82, 2.24) is 15.5 Å². The second kappa shape index (κ2) is 5.43. The molecule has 0 spiro atoms. The highest BCUT2D eigenvalue weighted by atomic mass is 16.5. The maximum atomic E-state index is 5.02. The fourth-order valence-corrected chi connectivity index (χ4v) is 2.40. The molecular formula is C12H21N3O. The van der Waals surface area contributed by atoms with Crippen molar-refractivity contribution in [3.63, 3.8) is 0 Å². The fraction of sp³-hybridized carbons (Fsp3) is 0.833. The number of aromatic nitrogens is 2. The lowest BCUT2D eigenvalue weighted by Crippen LogP contribution is -2.26. The molecule has 4 heteroatoms. The molecule has 0 amide bonds. The maximum Gasteiger partial charge on any atom is 0.223 e. The Morgan fingerprint density at radius 2 is 2.19 bits per heavy atom. The van der Waals surface area contributed by atoms with Crippen LogP contribution in [0, 0.1) is 12.8 Å². The molecule has 1 aliphatic carbocycles. The quantitative estimate of drug-likeness (QED) is 0.833. The van der Waals surface area contributed by atoms with E-state index < -0.39 is 0 Å². The first kappa shape index (κ1) is 11.6. The fourth-order valence-electron chi connectivity index (χ4n) is 2.40. The van der Waals surface area contributed by atoms with E-state index >= 15 is 0 Å². The smallest absolute Gasteiger partial charge is 0.223 e. The minimum atomic E-state index is 0.248. The average molecular weight is 223 g/mol. The summed E-state index contributed by atoms with van der Waals surface area (Å²) in [4.78, 5) is 4.29. The summed E-state index contributed by atoms with van der Waals surface area (Å²) in [6.45, 7) is 5.07. The summed E-state index contributed by atoms with van der Waals surface area (Å²) in [5.41, 5.74) is 0. The van der Waals surface area contributed by atoms with Crippen LogP contribution < -0.4 is 5.32 Å². The number of hydrogen-bond acceptors (Lipinski definition) is 4. The van der Waals surface area contributed by atoms with Gasteiger partial charge < -0.3 is 9.84 Å². The Morgan fingerprint density at radius 1 is 1.44 bits per heavy atom. The summed E-state index contributed by atoms with van der Waals surface area (Å²) in [5, 5.41) is 7.54. The normalized spacial score (nSPS) is 19.1. The second-order valence-corrected chi connectivity index (χ2v) is 4.69. The number of nitrogens with one attached hydrogen (secondary N) is 1. The predicted molar refractivity (Wildman–Crippen MR) is 62.0 cm³/mol. The van der Waals surface area contributed by atoms with Crippen molar-refractivity contribution in [3.8, 4) is 0 Å². The second-order valence-electron chi connectivity index (χ2n) is 4.69. The van der Waals surface area contributed by atoms with Crippen molar-refractivity contribution in [2.24, 2.45) is 5.92 Å². The molecule has 90 valence electrons. The molecule has 1 aromatic rings. The third kappa shape index (κ3) is 2.82. The zero-order valence-corrected chi connectivity index (χ0v) is 10.2. The van der Waals surface area contributed by atoms with Crippen LogP contribution in [-0.4, -0.2) is 16.7 Å². The SMILES string of the molecule is CCC(NCC1CCCC1)c1noc(C)n1. The van der Waals surface area contributed by atoms with Crippen LogP contribution in [0.5, 0.6) is 0 Å². The number of nitrogens with zero attached hydrogens (tertiary/aromatic N) is 2. The van der Waals surface area contributed by atoms with E-state index in [1.54, 1.807) is 0 Å². The number of aryl methyl sites for hydroxylation is 1. The Morgan fingerprint density at radius 3 is 2.75 bits per heavy atom. The van der Waals surface area contributed by atoms with E-state index in [4.69, 9.17) is 4.52 Å². The van der Waals surface area contributed by atoms with Crippen molar-refractivity contribution in [3.05, 3.63) is 11.7 Å². The van der Waals surface area contributed by atoms with Crippen LogP contribution in [0.25, 0.3) is 0 Å². The van der Waals surface area contributed by atoms with Gasteiger partial charge in [0, 0.05) is 6.92 Å². The molecule has 0 aromatic carbocycles. The van der Waals surface area contributed by atoms with Crippen molar-refractivity contribution in [2.45, 2.75) is 52.0 Å². The van der Waals surface area contributed by atoms with Crippen molar-refractivity contribution in [1.29, 1.82) is 0 Å². The number of rotatable bonds is 5. The highest BCUT2D eigenvalue weighted by Crippen LogP contribution is 2.24. The number of hydrogen-bond donors (Lipinski definition) is 1. The van der Waals surface area contributed by atoms with Gasteiger partial charge in [-0.1, -0.05) is 24.9 Å². The molecule has 1 aliphatic rings. The van der Waals surface area contributed by atoms with Crippen LogP contribution in [0.15, 0.2) is 4.52 Å². The standard InChI is InChI=1S/C12H21N3O/c1-3-11(12-14-9(2)16-15-12)13-8-10-6-4-5-7-10/h10-11,13H,3-8H2,1-2H3. The molecule has 0 saturated heterocycles. The first-order valence-electron chi connectivity index (χ1n) is 6.33. The van der Waals surface area contributed by atoms with Crippen molar-refractivity contribution in [2.75, 3.05) is 6.54 Å². The summed E-state index contributed by atoms with van der Waals surface area (Å²) in [7, 11) is 0. The summed E-state index contributed by atoms with van der Waals surface area (Å²) < 4.78 is 5.02. The van der Waals surface area contributed by atoms with Gasteiger partial charge in [0.1, 0.15) is 0 Å². The lowest BCUT2D eigenvalue weighted by molar-refractivity contribution is 0.367. The van der Waals surface area contributed by atoms with Gasteiger partial charge in [0.2, 0.25) is 5.89 Å². The van der Waals surface area contributed by atoms with Gasteiger partial charge >= 0.3 is 0 Å². The summed E-state index contributed by atoms with van der Waals surface area (Å²) in [5.74, 6) is 2.30. The minimum Gasteiger partial charge on any atom is -0.340 e. The molecule has 0 aliphatic heterocycles. The molecule has 2 rings (SSSR count). The van der Waals surface area contributed by atoms with Crippen molar-refractivity contribution < 1.29 is 4.52 Å². The van der Waals surface area contributed by atoms with E-state index in [0.29, 0.717) is 5.89 Å². The van der Waals surface area contributed by atoms with Gasteiger partial charge in [-0.25, -0.2) is 0 Å². The molecule has 1 atom stereocenters. The Balaban J connectivity index is 1.85. The van der Waals surface area contributed by atoms with Crippen LogP contribution in [0.4, 0.5) is 0 Å². The molecule has 1 aromatic heterocycles. The highest BCUT2D eigenvalue weighted by Gasteiger charge is 2.19. The molecule has 1 N–H and O–H groups in total. The van der Waals surface area contributed by atoms with Crippen LogP contribution in [-0.2, 0) is 0 Å². The average Bonchev–Trinajstić information content (AvgIpc) is 2.91. The maximum absolute atomic E-state index is 5.02. The van der Waals surface area contributed by atoms with E-state index in [1.807, 2.05) is 6.92 Å². The molecule has 1 fully saturated rings. The van der Waals surface area contributed by atoms with Crippen LogP contribution in [0.3, 0.4) is 0 Å². The first-order chi connectivity index (χ1) is 7.79. The van der Waals surface area contributed by atoms with E-state index in [9.17, 15) is 0 Å². The lowest BCUT2D eigenvalue weighted by Gasteiger charge is -2.16. The van der Waals surface area contributed by atoms with Gasteiger partial charge in [-0.2, -0.15) is 4.98 Å². The lowest BCUT2D eigenvalue weighted by atomic mass is 10.1. The Kier molecular flexibility index (Phi) is 3.93. The van der Waals surface area contributed by atoms with Gasteiger partial charge in [-0.3, -0.25) is 0 Å². The highest BCUT2D eigenvalue weighted by molar-refractivity contribution is 4.93. The van der Waals surface area contributed by atoms with Crippen molar-refractivity contribution >= 4 is 0 Å². The molecule has 1 heterocycles. The topological polar surface area (TPSA) is 51.0 Å². The first-order valence-corrected chi connectivity index (χ1v) is 6.33. The van der Waals surface area contributed by atoms with Crippen LogP contribution >= 0.6 is 0 Å². The zero-order valence-electron chi connectivity index (χ0n) is 10.2. The third-order valence-corrected chi connectivity index (χ3v) is 3.39. The summed E-state index contributed by atoms with van der Waals surface area (Å²) in [6, 6.07) is 0.248. The zero-order chi connectivity index (χ0) is 11.4. The predicted octanol–water partition coefficient (Wildman–Crippen LogP) is 2.61. The van der Waals surface area contributed by atoms with Gasteiger partial charge in [-0.05, 0) is 31.7 Å². The molecule has 0 radical (unpaired) electrons. The molecule has 4 nitrogen and oxygen atoms in total. The Labute approximate surface area is 96.8 Å². The summed E-state index contributed by atoms with van der Waals surface area (Å²) in [6.07, 6.45) is 6.53. The molecule has 1 saturated carbocycles. The van der Waals surface area contributed by atoms with Crippen LogP contribution in [0.1, 0.15) is 56.8 Å². The third-order valence-electron chi connectivity index (χ3n) is 3.39. The monoisotopic (exact) mass is 223 g/mol.